The maximum atomic E-state index is 11.6. The Morgan fingerprint density at radius 3 is 2.40 bits per heavy atom. The lowest BCUT2D eigenvalue weighted by Gasteiger charge is -2.35. The lowest BCUT2D eigenvalue weighted by molar-refractivity contribution is -0.114. The molecule has 5 nitrogen and oxygen atoms in total. The summed E-state index contributed by atoms with van der Waals surface area (Å²) in [4.78, 5) is 25.0. The number of carbonyl (C=O) groups excluding carboxylic acids is 2. The van der Waals surface area contributed by atoms with Crippen molar-refractivity contribution in [1.29, 1.82) is 0 Å². The summed E-state index contributed by atoms with van der Waals surface area (Å²) in [5, 5.41) is 2.84. The molecular formula is C15H26N2O3. The fourth-order valence-electron chi connectivity index (χ4n) is 2.76. The third-order valence-electron chi connectivity index (χ3n) is 4.16. The van der Waals surface area contributed by atoms with Gasteiger partial charge in [-0.15, -0.1) is 0 Å². The van der Waals surface area contributed by atoms with E-state index in [-0.39, 0.29) is 11.6 Å². The first-order valence-corrected chi connectivity index (χ1v) is 7.53. The van der Waals surface area contributed by atoms with E-state index in [1.54, 1.807) is 0 Å². The van der Waals surface area contributed by atoms with E-state index in [1.165, 1.54) is 0 Å². The van der Waals surface area contributed by atoms with Gasteiger partial charge in [0.1, 0.15) is 11.9 Å². The van der Waals surface area contributed by atoms with Crippen LogP contribution >= 0.6 is 0 Å². The number of ether oxygens (including phenoxy) is 1. The first kappa shape index (κ1) is 15.3. The number of likely N-dealkylation sites (tertiary alicyclic amines) is 1. The van der Waals surface area contributed by atoms with Gasteiger partial charge in [0.2, 0.25) is 0 Å². The number of carbonyl (C=O) groups is 2. The monoisotopic (exact) mass is 282 g/mol. The largest absolute Gasteiger partial charge is 0.444 e. The Kier molecular flexibility index (Phi) is 4.37. The molecule has 5 heteroatoms. The summed E-state index contributed by atoms with van der Waals surface area (Å²) in [6, 6.07) is 0. The predicted octanol–water partition coefficient (Wildman–Crippen LogP) is 1.95. The van der Waals surface area contributed by atoms with Gasteiger partial charge in [-0.25, -0.2) is 4.79 Å². The van der Waals surface area contributed by atoms with Crippen molar-refractivity contribution in [2.75, 3.05) is 19.6 Å². The molecule has 1 heterocycles. The maximum Gasteiger partial charge on any atom is 0.407 e. The normalized spacial score (nSPS) is 23.1. The summed E-state index contributed by atoms with van der Waals surface area (Å²) in [6.07, 6.45) is 4.86. The minimum absolute atomic E-state index is 0.135. The van der Waals surface area contributed by atoms with Crippen LogP contribution in [0.25, 0.3) is 0 Å². The number of nitrogens with one attached hydrogen (secondary N) is 1. The van der Waals surface area contributed by atoms with E-state index < -0.39 is 5.60 Å². The minimum atomic E-state index is -0.449. The van der Waals surface area contributed by atoms with Crippen LogP contribution in [0.4, 0.5) is 4.79 Å². The van der Waals surface area contributed by atoms with Gasteiger partial charge in [0.25, 0.3) is 0 Å². The van der Waals surface area contributed by atoms with Crippen molar-refractivity contribution in [3.63, 3.8) is 0 Å². The molecule has 1 amide bonds. The van der Waals surface area contributed by atoms with Crippen LogP contribution in [0.15, 0.2) is 0 Å². The van der Waals surface area contributed by atoms with Gasteiger partial charge in [0.05, 0.1) is 5.54 Å². The Bertz CT molecular complexity index is 364. The molecule has 114 valence electrons. The van der Waals surface area contributed by atoms with Gasteiger partial charge in [0.15, 0.2) is 0 Å². The molecule has 0 aromatic rings. The molecule has 0 aromatic carbocycles. The number of piperidine rings is 1. The summed E-state index contributed by atoms with van der Waals surface area (Å²) in [7, 11) is 0. The van der Waals surface area contributed by atoms with Gasteiger partial charge in [-0.1, -0.05) is 0 Å². The van der Waals surface area contributed by atoms with E-state index >= 15 is 0 Å². The topological polar surface area (TPSA) is 58.6 Å². The Morgan fingerprint density at radius 1 is 1.35 bits per heavy atom. The van der Waals surface area contributed by atoms with E-state index in [9.17, 15) is 9.59 Å². The lowest BCUT2D eigenvalue weighted by atomic mass is 9.95. The Morgan fingerprint density at radius 2 is 1.95 bits per heavy atom. The van der Waals surface area contributed by atoms with Crippen molar-refractivity contribution >= 4 is 12.4 Å². The lowest BCUT2D eigenvalue weighted by Crippen LogP contribution is -2.46. The fourth-order valence-corrected chi connectivity index (χ4v) is 2.76. The highest BCUT2D eigenvalue weighted by Gasteiger charge is 2.48. The first-order valence-electron chi connectivity index (χ1n) is 7.53. The predicted molar refractivity (Wildman–Crippen MR) is 76.6 cm³/mol. The molecular weight excluding hydrogens is 256 g/mol. The van der Waals surface area contributed by atoms with Crippen molar-refractivity contribution < 1.29 is 14.3 Å². The summed E-state index contributed by atoms with van der Waals surface area (Å²) >= 11 is 0. The Balaban J connectivity index is 1.67. The molecule has 0 unspecified atom stereocenters. The second-order valence-corrected chi connectivity index (χ2v) is 7.03. The number of hydrogen-bond acceptors (Lipinski definition) is 4. The van der Waals surface area contributed by atoms with Crippen LogP contribution in [-0.4, -0.2) is 48.1 Å². The number of nitrogens with zero attached hydrogens (tertiary/aromatic N) is 1. The maximum absolute atomic E-state index is 11.6. The van der Waals surface area contributed by atoms with Crippen molar-refractivity contribution in [3.05, 3.63) is 0 Å². The summed E-state index contributed by atoms with van der Waals surface area (Å²) in [5.41, 5.74) is -0.584. The number of aldehydes is 1. The van der Waals surface area contributed by atoms with Crippen molar-refractivity contribution in [2.45, 2.75) is 57.6 Å². The zero-order valence-electron chi connectivity index (χ0n) is 12.8. The van der Waals surface area contributed by atoms with Gasteiger partial charge in [-0.3, -0.25) is 4.90 Å². The SMILES string of the molecule is CC(C)(C)OC(=O)NCC1CCN(C2(C=O)CC2)CC1. The van der Waals surface area contributed by atoms with Gasteiger partial charge in [0, 0.05) is 6.54 Å². The highest BCUT2D eigenvalue weighted by Crippen LogP contribution is 2.41. The summed E-state index contributed by atoms with van der Waals surface area (Å²) in [6.45, 7) is 8.16. The molecule has 2 fully saturated rings. The molecule has 0 atom stereocenters. The zero-order valence-corrected chi connectivity index (χ0v) is 12.8. The van der Waals surface area contributed by atoms with E-state index in [0.717, 1.165) is 45.1 Å². The first-order chi connectivity index (χ1) is 9.35. The molecule has 0 spiro atoms. The molecule has 2 aliphatic rings. The number of hydrogen-bond donors (Lipinski definition) is 1. The van der Waals surface area contributed by atoms with Gasteiger partial charge in [-0.2, -0.15) is 0 Å². The minimum Gasteiger partial charge on any atom is -0.444 e. The molecule has 1 saturated carbocycles. The van der Waals surface area contributed by atoms with E-state index in [1.807, 2.05) is 20.8 Å². The van der Waals surface area contributed by atoms with Gasteiger partial charge < -0.3 is 14.8 Å². The molecule has 1 aliphatic heterocycles. The highest BCUT2D eigenvalue weighted by atomic mass is 16.6. The zero-order chi connectivity index (χ0) is 14.8. The van der Waals surface area contributed by atoms with Gasteiger partial charge in [-0.05, 0) is 65.5 Å². The Hall–Kier alpha value is -1.10. The van der Waals surface area contributed by atoms with Crippen LogP contribution in [0.5, 0.6) is 0 Å². The molecule has 0 bridgehead atoms. The molecule has 0 aromatic heterocycles. The molecule has 1 N–H and O–H groups in total. The number of alkyl carbamates (subject to hydrolysis) is 1. The van der Waals surface area contributed by atoms with Gasteiger partial charge >= 0.3 is 6.09 Å². The second kappa shape index (κ2) is 5.72. The molecule has 0 radical (unpaired) electrons. The third kappa shape index (κ3) is 3.95. The van der Waals surface area contributed by atoms with E-state index in [2.05, 4.69) is 10.2 Å². The molecule has 2 rings (SSSR count). The number of amides is 1. The average Bonchev–Trinajstić information content (AvgIpc) is 3.16. The van der Waals surface area contributed by atoms with Crippen LogP contribution < -0.4 is 5.32 Å². The highest BCUT2D eigenvalue weighted by molar-refractivity contribution is 5.69. The van der Waals surface area contributed by atoms with Crippen molar-refractivity contribution in [3.8, 4) is 0 Å². The molecule has 1 aliphatic carbocycles. The second-order valence-electron chi connectivity index (χ2n) is 7.03. The molecule has 1 saturated heterocycles. The fraction of sp³-hybridized carbons (Fsp3) is 0.867. The van der Waals surface area contributed by atoms with Crippen LogP contribution in [0.2, 0.25) is 0 Å². The van der Waals surface area contributed by atoms with Crippen LogP contribution in [0.1, 0.15) is 46.5 Å². The quantitative estimate of drug-likeness (QED) is 0.801. The van der Waals surface area contributed by atoms with Crippen molar-refractivity contribution in [2.24, 2.45) is 5.92 Å². The summed E-state index contributed by atoms with van der Waals surface area (Å²) < 4.78 is 5.22. The van der Waals surface area contributed by atoms with Crippen LogP contribution in [0, 0.1) is 5.92 Å². The van der Waals surface area contributed by atoms with E-state index in [0.29, 0.717) is 12.5 Å². The smallest absolute Gasteiger partial charge is 0.407 e. The molecule has 20 heavy (non-hydrogen) atoms. The number of rotatable bonds is 4. The van der Waals surface area contributed by atoms with Crippen LogP contribution in [-0.2, 0) is 9.53 Å². The third-order valence-corrected chi connectivity index (χ3v) is 4.16. The van der Waals surface area contributed by atoms with E-state index in [4.69, 9.17) is 4.74 Å². The Labute approximate surface area is 121 Å². The average molecular weight is 282 g/mol. The van der Waals surface area contributed by atoms with Crippen molar-refractivity contribution in [1.82, 2.24) is 10.2 Å². The standard InChI is InChI=1S/C15H26N2O3/c1-14(2,3)20-13(19)16-10-12-4-8-17(9-5-12)15(11-18)6-7-15/h11-12H,4-10H2,1-3H3,(H,16,19). The van der Waals surface area contributed by atoms with Crippen LogP contribution in [0.3, 0.4) is 0 Å². The summed E-state index contributed by atoms with van der Waals surface area (Å²) in [5.74, 6) is 0.487.